The number of alkyl halides is 4. The minimum absolute atomic E-state index is 0.489. The van der Waals surface area contributed by atoms with Crippen LogP contribution in [-0.4, -0.2) is 34.5 Å². The van der Waals surface area contributed by atoms with Gasteiger partial charge in [0.05, 0.1) is 11.8 Å². The van der Waals surface area contributed by atoms with E-state index in [1.54, 1.807) is 0 Å². The van der Waals surface area contributed by atoms with Gasteiger partial charge in [-0.25, -0.2) is 4.39 Å². The van der Waals surface area contributed by atoms with E-state index < -0.39 is 54.9 Å². The largest absolute Gasteiger partial charge is 0.481 e. The summed E-state index contributed by atoms with van der Waals surface area (Å²) in [6.45, 7) is 0. The number of carboxylic acids is 2. The molecule has 0 aliphatic heterocycles. The molecule has 4 nitrogen and oxygen atoms in total. The lowest BCUT2D eigenvalue weighted by Gasteiger charge is -2.35. The van der Waals surface area contributed by atoms with Crippen molar-refractivity contribution in [1.82, 2.24) is 0 Å². The summed E-state index contributed by atoms with van der Waals surface area (Å²) in [5.74, 6) is -9.59. The highest BCUT2D eigenvalue weighted by Crippen LogP contribution is 2.44. The van der Waals surface area contributed by atoms with Crippen molar-refractivity contribution in [3.63, 3.8) is 0 Å². The molecule has 0 heterocycles. The third-order valence-electron chi connectivity index (χ3n) is 2.97. The van der Waals surface area contributed by atoms with Gasteiger partial charge in [0, 0.05) is 0 Å². The second kappa shape index (κ2) is 4.50. The minimum atomic E-state index is -4.85. The van der Waals surface area contributed by atoms with Crippen molar-refractivity contribution < 1.29 is 37.4 Å². The van der Waals surface area contributed by atoms with E-state index in [1.807, 2.05) is 0 Å². The fourth-order valence-corrected chi connectivity index (χ4v) is 2.10. The quantitative estimate of drug-likeness (QED) is 0.739. The molecule has 98 valence electrons. The fraction of sp³-hybridized carbons (Fsp3) is 0.778. The Balaban J connectivity index is 2.99. The lowest BCUT2D eigenvalue weighted by Crippen LogP contribution is -2.48. The van der Waals surface area contributed by atoms with Gasteiger partial charge in [-0.3, -0.25) is 9.59 Å². The first-order valence-electron chi connectivity index (χ1n) is 4.82. The van der Waals surface area contributed by atoms with Gasteiger partial charge in [-0.1, -0.05) is 0 Å². The summed E-state index contributed by atoms with van der Waals surface area (Å²) in [5.41, 5.74) is 0. The zero-order chi connectivity index (χ0) is 13.4. The number of hydrogen-bond acceptors (Lipinski definition) is 2. The molecule has 4 unspecified atom stereocenters. The Morgan fingerprint density at radius 1 is 1.06 bits per heavy atom. The molecule has 0 spiro atoms. The van der Waals surface area contributed by atoms with Crippen LogP contribution in [0.15, 0.2) is 0 Å². The van der Waals surface area contributed by atoms with Gasteiger partial charge in [0.15, 0.2) is 0 Å². The lowest BCUT2D eigenvalue weighted by molar-refractivity contribution is -0.213. The SMILES string of the molecule is O=C(O)C1CCC(C(F)(F)F)C(F)C1C(=O)O. The van der Waals surface area contributed by atoms with Crippen molar-refractivity contribution in [2.75, 3.05) is 0 Å². The molecule has 0 aromatic rings. The third-order valence-corrected chi connectivity index (χ3v) is 2.97. The van der Waals surface area contributed by atoms with E-state index in [4.69, 9.17) is 10.2 Å². The standard InChI is InChI=1S/C9H10F4O4/c10-6-4(9(11,12)13)2-1-3(7(14)15)5(6)8(16)17/h3-6H,1-2H2,(H,14,15)(H,16,17). The molecule has 2 N–H and O–H groups in total. The Bertz CT molecular complexity index is 327. The van der Waals surface area contributed by atoms with Crippen LogP contribution < -0.4 is 0 Å². The van der Waals surface area contributed by atoms with Crippen molar-refractivity contribution in [3.05, 3.63) is 0 Å². The van der Waals surface area contributed by atoms with E-state index in [0.717, 1.165) is 0 Å². The molecule has 1 aliphatic rings. The van der Waals surface area contributed by atoms with Gasteiger partial charge >= 0.3 is 18.1 Å². The van der Waals surface area contributed by atoms with E-state index in [1.165, 1.54) is 0 Å². The molecule has 1 aliphatic carbocycles. The molecule has 1 saturated carbocycles. The van der Waals surface area contributed by atoms with Crippen molar-refractivity contribution in [1.29, 1.82) is 0 Å². The summed E-state index contributed by atoms with van der Waals surface area (Å²) in [6, 6.07) is 0. The summed E-state index contributed by atoms with van der Waals surface area (Å²) in [7, 11) is 0. The molecular weight excluding hydrogens is 248 g/mol. The Kier molecular flexibility index (Phi) is 3.63. The highest BCUT2D eigenvalue weighted by atomic mass is 19.4. The first-order chi connectivity index (χ1) is 7.66. The number of carbonyl (C=O) groups is 2. The first-order valence-corrected chi connectivity index (χ1v) is 4.82. The first kappa shape index (κ1) is 13.7. The molecule has 0 amide bonds. The molecule has 17 heavy (non-hydrogen) atoms. The summed E-state index contributed by atoms with van der Waals surface area (Å²) in [6.07, 6.45) is -8.76. The van der Waals surface area contributed by atoms with Crippen molar-refractivity contribution in [2.24, 2.45) is 17.8 Å². The van der Waals surface area contributed by atoms with E-state index in [2.05, 4.69) is 0 Å². The van der Waals surface area contributed by atoms with Crippen molar-refractivity contribution in [3.8, 4) is 0 Å². The molecule has 4 atom stereocenters. The van der Waals surface area contributed by atoms with Crippen molar-refractivity contribution >= 4 is 11.9 Å². The maximum Gasteiger partial charge on any atom is 0.394 e. The molecule has 0 bridgehead atoms. The Hall–Kier alpha value is -1.34. The number of carboxylic acid groups (broad SMARTS) is 2. The van der Waals surface area contributed by atoms with Gasteiger partial charge in [0.2, 0.25) is 0 Å². The number of hydrogen-bond donors (Lipinski definition) is 2. The predicted octanol–water partition coefficient (Wildman–Crippen LogP) is 1.70. The van der Waals surface area contributed by atoms with Gasteiger partial charge in [-0.15, -0.1) is 0 Å². The van der Waals surface area contributed by atoms with Crippen LogP contribution in [0.2, 0.25) is 0 Å². The highest BCUT2D eigenvalue weighted by Gasteiger charge is 2.55. The van der Waals surface area contributed by atoms with Gasteiger partial charge in [0.25, 0.3) is 0 Å². The average Bonchev–Trinajstić information content (AvgIpc) is 2.13. The second-order valence-electron chi connectivity index (χ2n) is 3.98. The van der Waals surface area contributed by atoms with E-state index >= 15 is 0 Å². The topological polar surface area (TPSA) is 74.6 Å². The Labute approximate surface area is 93.2 Å². The Morgan fingerprint density at radius 3 is 1.94 bits per heavy atom. The highest BCUT2D eigenvalue weighted by molar-refractivity contribution is 5.80. The van der Waals surface area contributed by atoms with Crippen LogP contribution in [0.1, 0.15) is 12.8 Å². The summed E-state index contributed by atoms with van der Waals surface area (Å²) in [5, 5.41) is 17.3. The van der Waals surface area contributed by atoms with Crippen LogP contribution in [0.3, 0.4) is 0 Å². The van der Waals surface area contributed by atoms with E-state index in [0.29, 0.717) is 0 Å². The Morgan fingerprint density at radius 2 is 1.59 bits per heavy atom. The molecule has 0 aromatic carbocycles. The monoisotopic (exact) mass is 258 g/mol. The maximum atomic E-state index is 13.5. The molecule has 0 saturated heterocycles. The van der Waals surface area contributed by atoms with Crippen LogP contribution in [-0.2, 0) is 9.59 Å². The molecular formula is C9H10F4O4. The summed E-state index contributed by atoms with van der Waals surface area (Å²) >= 11 is 0. The van der Waals surface area contributed by atoms with E-state index in [-0.39, 0.29) is 0 Å². The fourth-order valence-electron chi connectivity index (χ4n) is 2.10. The summed E-state index contributed by atoms with van der Waals surface area (Å²) < 4.78 is 50.6. The van der Waals surface area contributed by atoms with Gasteiger partial charge in [-0.05, 0) is 12.8 Å². The van der Waals surface area contributed by atoms with Crippen molar-refractivity contribution in [2.45, 2.75) is 25.2 Å². The van der Waals surface area contributed by atoms with Crippen LogP contribution in [0.4, 0.5) is 17.6 Å². The van der Waals surface area contributed by atoms with Crippen LogP contribution >= 0.6 is 0 Å². The van der Waals surface area contributed by atoms with Gasteiger partial charge in [-0.2, -0.15) is 13.2 Å². The normalized spacial score (nSPS) is 34.4. The third kappa shape index (κ3) is 2.67. The average molecular weight is 258 g/mol. The smallest absolute Gasteiger partial charge is 0.394 e. The molecule has 0 radical (unpaired) electrons. The minimum Gasteiger partial charge on any atom is -0.481 e. The zero-order valence-corrected chi connectivity index (χ0v) is 8.45. The lowest BCUT2D eigenvalue weighted by atomic mass is 9.72. The molecule has 8 heteroatoms. The van der Waals surface area contributed by atoms with Gasteiger partial charge in [0.1, 0.15) is 12.1 Å². The number of halogens is 4. The van der Waals surface area contributed by atoms with Crippen LogP contribution in [0, 0.1) is 17.8 Å². The molecule has 1 rings (SSSR count). The zero-order valence-electron chi connectivity index (χ0n) is 8.45. The predicted molar refractivity (Wildman–Crippen MR) is 45.9 cm³/mol. The summed E-state index contributed by atoms with van der Waals surface area (Å²) in [4.78, 5) is 21.3. The van der Waals surface area contributed by atoms with E-state index in [9.17, 15) is 27.2 Å². The number of rotatable bonds is 2. The molecule has 0 aromatic heterocycles. The maximum absolute atomic E-state index is 13.5. The van der Waals surface area contributed by atoms with Crippen LogP contribution in [0.5, 0.6) is 0 Å². The van der Waals surface area contributed by atoms with Crippen LogP contribution in [0.25, 0.3) is 0 Å². The van der Waals surface area contributed by atoms with Gasteiger partial charge < -0.3 is 10.2 Å². The molecule has 1 fully saturated rings. The number of aliphatic carboxylic acids is 2. The second-order valence-corrected chi connectivity index (χ2v) is 3.98.